The van der Waals surface area contributed by atoms with E-state index in [0.29, 0.717) is 6.42 Å². The molecule has 2 fully saturated rings. The van der Waals surface area contributed by atoms with Crippen LogP contribution in [-0.4, -0.2) is 29.2 Å². The summed E-state index contributed by atoms with van der Waals surface area (Å²) in [6.45, 7) is 1.78. The van der Waals surface area contributed by atoms with Gasteiger partial charge in [-0.1, -0.05) is 30.3 Å². The fourth-order valence-electron chi connectivity index (χ4n) is 4.46. The van der Waals surface area contributed by atoms with Crippen LogP contribution in [-0.2, 0) is 16.0 Å². The number of hydrogen-bond acceptors (Lipinski definition) is 3. The number of rotatable bonds is 4. The number of fused-ring (bicyclic) bond motifs is 1. The molecule has 5 heteroatoms. The highest BCUT2D eigenvalue weighted by molar-refractivity contribution is 5.80. The fourth-order valence-corrected chi connectivity index (χ4v) is 4.46. The van der Waals surface area contributed by atoms with Crippen molar-refractivity contribution in [2.45, 2.75) is 50.6 Å². The molecular formula is C18H22F2O3. The number of carbonyl (C=O) groups is 1. The number of hydrogen-bond donors (Lipinski definition) is 1. The summed E-state index contributed by atoms with van der Waals surface area (Å²) < 4.78 is 35.1. The Morgan fingerprint density at radius 2 is 2.00 bits per heavy atom. The van der Waals surface area contributed by atoms with Crippen LogP contribution < -0.4 is 0 Å². The van der Waals surface area contributed by atoms with E-state index in [4.69, 9.17) is 4.74 Å². The van der Waals surface area contributed by atoms with Gasteiger partial charge in [0.25, 0.3) is 5.92 Å². The maximum absolute atomic E-state index is 15.0. The summed E-state index contributed by atoms with van der Waals surface area (Å²) in [4.78, 5) is 12.4. The van der Waals surface area contributed by atoms with Gasteiger partial charge in [-0.2, -0.15) is 0 Å². The van der Waals surface area contributed by atoms with Crippen molar-refractivity contribution in [3.8, 4) is 0 Å². The van der Waals surface area contributed by atoms with Crippen LogP contribution in [0, 0.1) is 11.3 Å². The van der Waals surface area contributed by atoms with E-state index in [2.05, 4.69) is 0 Å². The first-order chi connectivity index (χ1) is 10.9. The average Bonchev–Trinajstić information content (AvgIpc) is 2.94. The largest absolute Gasteiger partial charge is 0.465 e. The molecule has 0 heterocycles. The number of aliphatic hydroxyl groups is 1. The van der Waals surface area contributed by atoms with Gasteiger partial charge in [0.05, 0.1) is 6.61 Å². The third kappa shape index (κ3) is 2.20. The van der Waals surface area contributed by atoms with Gasteiger partial charge in [0.1, 0.15) is 11.0 Å². The van der Waals surface area contributed by atoms with Gasteiger partial charge in [0, 0.05) is 5.92 Å². The van der Waals surface area contributed by atoms with Crippen molar-refractivity contribution < 1.29 is 23.4 Å². The van der Waals surface area contributed by atoms with Gasteiger partial charge in [-0.15, -0.1) is 0 Å². The number of benzene rings is 1. The number of esters is 1. The molecule has 1 N–H and O–H groups in total. The van der Waals surface area contributed by atoms with Gasteiger partial charge in [-0.25, -0.2) is 8.78 Å². The molecule has 1 aromatic carbocycles. The molecule has 2 aliphatic carbocycles. The van der Waals surface area contributed by atoms with Crippen LogP contribution in [0.1, 0.15) is 38.2 Å². The summed E-state index contributed by atoms with van der Waals surface area (Å²) in [6.07, 6.45) is 0.762. The lowest BCUT2D eigenvalue weighted by atomic mass is 9.76. The van der Waals surface area contributed by atoms with Gasteiger partial charge < -0.3 is 9.84 Å². The smallest absolute Gasteiger partial charge is 0.315 e. The van der Waals surface area contributed by atoms with Gasteiger partial charge in [0.2, 0.25) is 0 Å². The number of alkyl halides is 2. The Hall–Kier alpha value is -1.49. The normalized spacial score (nSPS) is 35.0. The summed E-state index contributed by atoms with van der Waals surface area (Å²) in [5, 5.41) is 10.8. The molecule has 126 valence electrons. The third-order valence-corrected chi connectivity index (χ3v) is 5.58. The number of carbonyl (C=O) groups excluding carboxylic acids is 1. The van der Waals surface area contributed by atoms with Crippen LogP contribution in [0.5, 0.6) is 0 Å². The predicted molar refractivity (Wildman–Crippen MR) is 81.1 cm³/mol. The van der Waals surface area contributed by atoms with Crippen LogP contribution >= 0.6 is 0 Å². The summed E-state index contributed by atoms with van der Waals surface area (Å²) in [6, 6.07) is 9.04. The van der Waals surface area contributed by atoms with Crippen LogP contribution in [0.15, 0.2) is 30.3 Å². The second-order valence-electron chi connectivity index (χ2n) is 6.73. The van der Waals surface area contributed by atoms with Gasteiger partial charge in [-0.3, -0.25) is 4.79 Å². The highest BCUT2D eigenvalue weighted by Gasteiger charge is 2.78. The van der Waals surface area contributed by atoms with E-state index in [1.165, 1.54) is 0 Å². The molecule has 3 atom stereocenters. The number of ether oxygens (including phenoxy) is 1. The van der Waals surface area contributed by atoms with Crippen molar-refractivity contribution in [1.29, 1.82) is 0 Å². The first-order valence-electron chi connectivity index (χ1n) is 8.19. The van der Waals surface area contributed by atoms with E-state index in [0.717, 1.165) is 5.56 Å². The minimum absolute atomic E-state index is 0.0236. The van der Waals surface area contributed by atoms with Crippen LogP contribution in [0.3, 0.4) is 0 Å². The molecule has 23 heavy (non-hydrogen) atoms. The second kappa shape index (κ2) is 5.55. The third-order valence-electron chi connectivity index (χ3n) is 5.58. The zero-order valence-electron chi connectivity index (χ0n) is 13.2. The topological polar surface area (TPSA) is 46.5 Å². The van der Waals surface area contributed by atoms with Crippen LogP contribution in [0.25, 0.3) is 0 Å². The Morgan fingerprint density at radius 3 is 2.65 bits per heavy atom. The van der Waals surface area contributed by atoms with E-state index in [1.807, 2.05) is 6.07 Å². The monoisotopic (exact) mass is 324 g/mol. The van der Waals surface area contributed by atoms with Gasteiger partial charge in [-0.05, 0) is 44.6 Å². The lowest BCUT2D eigenvalue weighted by molar-refractivity contribution is -0.214. The first-order valence-corrected chi connectivity index (χ1v) is 8.19. The average molecular weight is 324 g/mol. The van der Waals surface area contributed by atoms with Gasteiger partial charge >= 0.3 is 5.97 Å². The lowest BCUT2D eigenvalue weighted by Crippen LogP contribution is -2.55. The van der Waals surface area contributed by atoms with E-state index in [-0.39, 0.29) is 32.3 Å². The Balaban J connectivity index is 1.95. The van der Waals surface area contributed by atoms with Crippen LogP contribution in [0.4, 0.5) is 8.78 Å². The van der Waals surface area contributed by atoms with Crippen molar-refractivity contribution in [1.82, 2.24) is 0 Å². The van der Waals surface area contributed by atoms with E-state index < -0.39 is 28.8 Å². The molecule has 0 spiro atoms. The minimum Gasteiger partial charge on any atom is -0.465 e. The highest BCUT2D eigenvalue weighted by Crippen LogP contribution is 2.66. The van der Waals surface area contributed by atoms with E-state index in [1.54, 1.807) is 31.2 Å². The minimum atomic E-state index is -3.30. The van der Waals surface area contributed by atoms with Crippen molar-refractivity contribution >= 4 is 5.97 Å². The molecule has 0 bridgehead atoms. The van der Waals surface area contributed by atoms with Crippen LogP contribution in [0.2, 0.25) is 0 Å². The molecule has 3 rings (SSSR count). The molecule has 0 radical (unpaired) electrons. The Kier molecular flexibility index (Phi) is 3.95. The Morgan fingerprint density at radius 1 is 1.30 bits per heavy atom. The fraction of sp³-hybridized carbons (Fsp3) is 0.611. The molecule has 0 amide bonds. The van der Waals surface area contributed by atoms with Crippen molar-refractivity contribution in [3.63, 3.8) is 0 Å². The zero-order chi connectivity index (χ0) is 16.7. The predicted octanol–water partition coefficient (Wildman–Crippen LogP) is 3.35. The zero-order valence-corrected chi connectivity index (χ0v) is 13.2. The molecule has 2 saturated carbocycles. The molecule has 0 unspecified atom stereocenters. The maximum Gasteiger partial charge on any atom is 0.315 e. The quantitative estimate of drug-likeness (QED) is 0.864. The summed E-state index contributed by atoms with van der Waals surface area (Å²) >= 11 is 0. The Bertz CT molecular complexity index is 589. The SMILES string of the molecule is CCOC(=O)[C@@]12CCC[C@]1(O)C(F)(F)[C@H](Cc1ccccc1)C2. The molecule has 1 aromatic rings. The molecule has 0 aliphatic heterocycles. The van der Waals surface area contributed by atoms with E-state index >= 15 is 8.78 Å². The Labute approximate surface area is 134 Å². The van der Waals surface area contributed by atoms with Crippen molar-refractivity contribution in [2.24, 2.45) is 11.3 Å². The first kappa shape index (κ1) is 16.4. The molecule has 0 aromatic heterocycles. The highest BCUT2D eigenvalue weighted by atomic mass is 19.3. The standard InChI is InChI=1S/C18H22F2O3/c1-2-23-15(21)16-9-6-10-17(16,22)18(19,20)14(12-16)11-13-7-4-3-5-8-13/h3-5,7-8,14,22H,2,6,9-12H2,1H3/t14-,16+,17-/m1/s1. The second-order valence-corrected chi connectivity index (χ2v) is 6.73. The number of halogens is 2. The molecule has 3 nitrogen and oxygen atoms in total. The van der Waals surface area contributed by atoms with Crippen molar-refractivity contribution in [3.05, 3.63) is 35.9 Å². The molecule has 2 aliphatic rings. The van der Waals surface area contributed by atoms with E-state index in [9.17, 15) is 9.90 Å². The van der Waals surface area contributed by atoms with Crippen molar-refractivity contribution in [2.75, 3.05) is 6.61 Å². The summed E-state index contributed by atoms with van der Waals surface area (Å²) in [7, 11) is 0. The van der Waals surface area contributed by atoms with Gasteiger partial charge in [0.15, 0.2) is 0 Å². The molecule has 0 saturated heterocycles. The molecular weight excluding hydrogens is 302 g/mol. The lowest BCUT2D eigenvalue weighted by Gasteiger charge is -2.37. The summed E-state index contributed by atoms with van der Waals surface area (Å²) in [5.41, 5.74) is -2.96. The summed E-state index contributed by atoms with van der Waals surface area (Å²) in [5.74, 6) is -5.03. The maximum atomic E-state index is 15.0.